The fourth-order valence-corrected chi connectivity index (χ4v) is 1.58. The normalized spacial score (nSPS) is 10.3. The average Bonchev–Trinajstić information content (AvgIpc) is 2.29. The fourth-order valence-electron chi connectivity index (χ4n) is 1.58. The second-order valence-corrected chi connectivity index (χ2v) is 3.51. The zero-order chi connectivity index (χ0) is 12.4. The van der Waals surface area contributed by atoms with Crippen LogP contribution < -0.4 is 4.74 Å². The van der Waals surface area contributed by atoms with E-state index in [-0.39, 0.29) is 11.5 Å². The minimum absolute atomic E-state index is 0.121. The maximum atomic E-state index is 13.5. The number of halogens is 2. The zero-order valence-corrected chi connectivity index (χ0v) is 9.08. The van der Waals surface area contributed by atoms with E-state index in [1.54, 1.807) is 6.07 Å². The molecule has 0 aromatic heterocycles. The molecule has 1 N–H and O–H groups in total. The summed E-state index contributed by atoms with van der Waals surface area (Å²) < 4.78 is 31.1. The minimum Gasteiger partial charge on any atom is -0.507 e. The monoisotopic (exact) mass is 236 g/mol. The highest BCUT2D eigenvalue weighted by Gasteiger charge is 2.09. The molecule has 0 spiro atoms. The highest BCUT2D eigenvalue weighted by Crippen LogP contribution is 2.32. The predicted molar refractivity (Wildman–Crippen MR) is 60.0 cm³/mol. The Morgan fingerprint density at radius 3 is 2.41 bits per heavy atom. The molecular formula is C13H10F2O2. The summed E-state index contributed by atoms with van der Waals surface area (Å²) in [6.07, 6.45) is 0. The van der Waals surface area contributed by atoms with Gasteiger partial charge in [0.2, 0.25) is 0 Å². The first-order chi connectivity index (χ1) is 8.11. The summed E-state index contributed by atoms with van der Waals surface area (Å²) >= 11 is 0. The van der Waals surface area contributed by atoms with Gasteiger partial charge in [0.25, 0.3) is 0 Å². The van der Waals surface area contributed by atoms with Gasteiger partial charge in [0.15, 0.2) is 11.6 Å². The number of methoxy groups -OCH3 is 1. The molecule has 0 radical (unpaired) electrons. The molecule has 0 aliphatic heterocycles. The maximum Gasteiger partial charge on any atom is 0.165 e. The van der Waals surface area contributed by atoms with Crippen molar-refractivity contribution < 1.29 is 18.6 Å². The van der Waals surface area contributed by atoms with Gasteiger partial charge in [-0.2, -0.15) is 0 Å². The molecule has 0 saturated carbocycles. The second kappa shape index (κ2) is 4.41. The molecule has 88 valence electrons. The number of hydrogen-bond acceptors (Lipinski definition) is 2. The van der Waals surface area contributed by atoms with Crippen LogP contribution in [0.25, 0.3) is 11.1 Å². The van der Waals surface area contributed by atoms with E-state index in [4.69, 9.17) is 4.74 Å². The van der Waals surface area contributed by atoms with Crippen LogP contribution in [-0.4, -0.2) is 12.2 Å². The van der Waals surface area contributed by atoms with E-state index in [0.717, 1.165) is 6.07 Å². The van der Waals surface area contributed by atoms with Crippen LogP contribution in [-0.2, 0) is 0 Å². The van der Waals surface area contributed by atoms with Gasteiger partial charge in [-0.25, -0.2) is 8.78 Å². The fraction of sp³-hybridized carbons (Fsp3) is 0.0769. The maximum absolute atomic E-state index is 13.5. The van der Waals surface area contributed by atoms with Crippen molar-refractivity contribution in [1.82, 2.24) is 0 Å². The molecule has 0 fully saturated rings. The van der Waals surface area contributed by atoms with E-state index in [2.05, 4.69) is 0 Å². The van der Waals surface area contributed by atoms with Gasteiger partial charge in [0, 0.05) is 11.6 Å². The first kappa shape index (κ1) is 11.4. The van der Waals surface area contributed by atoms with Crippen LogP contribution in [0.1, 0.15) is 0 Å². The summed E-state index contributed by atoms with van der Waals surface area (Å²) in [4.78, 5) is 0. The molecule has 4 heteroatoms. The van der Waals surface area contributed by atoms with Crippen molar-refractivity contribution in [2.75, 3.05) is 7.11 Å². The summed E-state index contributed by atoms with van der Waals surface area (Å²) in [6, 6.07) is 7.86. The third kappa shape index (κ3) is 2.20. The van der Waals surface area contributed by atoms with E-state index in [9.17, 15) is 13.9 Å². The lowest BCUT2D eigenvalue weighted by Gasteiger charge is -2.07. The lowest BCUT2D eigenvalue weighted by molar-refractivity contribution is 0.386. The van der Waals surface area contributed by atoms with Crippen molar-refractivity contribution in [2.45, 2.75) is 0 Å². The van der Waals surface area contributed by atoms with Crippen LogP contribution in [0.5, 0.6) is 11.5 Å². The Bertz CT molecular complexity index is 553. The van der Waals surface area contributed by atoms with Gasteiger partial charge >= 0.3 is 0 Å². The molecule has 0 aliphatic rings. The molecule has 2 aromatic rings. The largest absolute Gasteiger partial charge is 0.507 e. The first-order valence-electron chi connectivity index (χ1n) is 4.94. The van der Waals surface area contributed by atoms with Crippen LogP contribution >= 0.6 is 0 Å². The molecule has 0 atom stereocenters. The Hall–Kier alpha value is -2.10. The Morgan fingerprint density at radius 1 is 1.06 bits per heavy atom. The molecule has 17 heavy (non-hydrogen) atoms. The Kier molecular flexibility index (Phi) is 2.95. The van der Waals surface area contributed by atoms with Crippen molar-refractivity contribution in [3.05, 3.63) is 48.0 Å². The lowest BCUT2D eigenvalue weighted by Crippen LogP contribution is -1.89. The molecule has 0 amide bonds. The molecule has 0 saturated heterocycles. The zero-order valence-electron chi connectivity index (χ0n) is 9.08. The number of aromatic hydroxyl groups is 1. The number of benzene rings is 2. The van der Waals surface area contributed by atoms with Gasteiger partial charge in [-0.1, -0.05) is 6.07 Å². The predicted octanol–water partition coefficient (Wildman–Crippen LogP) is 3.35. The summed E-state index contributed by atoms with van der Waals surface area (Å²) in [5.41, 5.74) is 0.828. The second-order valence-electron chi connectivity index (χ2n) is 3.51. The van der Waals surface area contributed by atoms with Crippen molar-refractivity contribution >= 4 is 0 Å². The lowest BCUT2D eigenvalue weighted by atomic mass is 10.0. The van der Waals surface area contributed by atoms with Gasteiger partial charge in [-0.15, -0.1) is 0 Å². The molecule has 2 aromatic carbocycles. The van der Waals surface area contributed by atoms with Crippen molar-refractivity contribution in [3.8, 4) is 22.6 Å². The van der Waals surface area contributed by atoms with Gasteiger partial charge < -0.3 is 9.84 Å². The van der Waals surface area contributed by atoms with Gasteiger partial charge in [-0.05, 0) is 29.8 Å². The van der Waals surface area contributed by atoms with Gasteiger partial charge in [0.1, 0.15) is 11.6 Å². The number of hydrogen-bond donors (Lipinski definition) is 1. The summed E-state index contributed by atoms with van der Waals surface area (Å²) in [5.74, 6) is -1.18. The Balaban J connectivity index is 2.50. The first-order valence-corrected chi connectivity index (χ1v) is 4.94. The number of phenolic OH excluding ortho intramolecular Hbond substituents is 1. The molecular weight excluding hydrogens is 226 g/mol. The van der Waals surface area contributed by atoms with E-state index >= 15 is 0 Å². The molecule has 0 unspecified atom stereocenters. The standard InChI is InChI=1S/C13H10F2O2/c1-17-13-5-2-8(6-11(13)15)10-4-3-9(14)7-12(10)16/h2-7,16H,1H3. The molecule has 2 nitrogen and oxygen atoms in total. The molecule has 0 aliphatic carbocycles. The number of ether oxygens (including phenoxy) is 1. The molecule has 2 rings (SSSR count). The van der Waals surface area contributed by atoms with E-state index in [1.807, 2.05) is 0 Å². The van der Waals surface area contributed by atoms with Crippen molar-refractivity contribution in [3.63, 3.8) is 0 Å². The Morgan fingerprint density at radius 2 is 1.82 bits per heavy atom. The molecule has 0 bridgehead atoms. The van der Waals surface area contributed by atoms with E-state index < -0.39 is 11.6 Å². The smallest absolute Gasteiger partial charge is 0.165 e. The van der Waals surface area contributed by atoms with Crippen LogP contribution in [0.2, 0.25) is 0 Å². The third-order valence-electron chi connectivity index (χ3n) is 2.42. The van der Waals surface area contributed by atoms with Crippen molar-refractivity contribution in [1.29, 1.82) is 0 Å². The van der Waals surface area contributed by atoms with Crippen LogP contribution in [0, 0.1) is 11.6 Å². The summed E-state index contributed by atoms with van der Waals surface area (Å²) in [7, 11) is 1.37. The Labute approximate surface area is 97.1 Å². The number of rotatable bonds is 2. The van der Waals surface area contributed by atoms with Gasteiger partial charge in [0.05, 0.1) is 7.11 Å². The number of phenols is 1. The third-order valence-corrected chi connectivity index (χ3v) is 2.42. The van der Waals surface area contributed by atoms with Crippen molar-refractivity contribution in [2.24, 2.45) is 0 Å². The van der Waals surface area contributed by atoms with E-state index in [1.165, 1.54) is 31.4 Å². The van der Waals surface area contributed by atoms with Crippen LogP contribution in [0.4, 0.5) is 8.78 Å². The topological polar surface area (TPSA) is 29.5 Å². The quantitative estimate of drug-likeness (QED) is 0.866. The molecule has 0 heterocycles. The SMILES string of the molecule is COc1ccc(-c2ccc(F)cc2O)cc1F. The van der Waals surface area contributed by atoms with Crippen LogP contribution in [0.3, 0.4) is 0 Å². The van der Waals surface area contributed by atoms with E-state index in [0.29, 0.717) is 11.1 Å². The average molecular weight is 236 g/mol. The summed E-state index contributed by atoms with van der Waals surface area (Å²) in [6.45, 7) is 0. The highest BCUT2D eigenvalue weighted by atomic mass is 19.1. The van der Waals surface area contributed by atoms with Crippen LogP contribution in [0.15, 0.2) is 36.4 Å². The van der Waals surface area contributed by atoms with Gasteiger partial charge in [-0.3, -0.25) is 0 Å². The summed E-state index contributed by atoms with van der Waals surface area (Å²) in [5, 5.41) is 9.57. The minimum atomic E-state index is -0.541. The highest BCUT2D eigenvalue weighted by molar-refractivity contribution is 5.70.